The van der Waals surface area contributed by atoms with Crippen molar-refractivity contribution >= 4 is 13.5 Å². The minimum Gasteiger partial charge on any atom is -0.872 e. The van der Waals surface area contributed by atoms with Gasteiger partial charge in [0.15, 0.2) is 0 Å². The molecule has 0 aliphatic rings. The van der Waals surface area contributed by atoms with Crippen molar-refractivity contribution in [2.24, 2.45) is 0 Å². The van der Waals surface area contributed by atoms with Crippen LogP contribution < -0.4 is 34.7 Å². The molecule has 44 valence electrons. The molecule has 1 rings (SSSR count). The molecule has 0 atom stereocenters. The Labute approximate surface area is 83.8 Å². The summed E-state index contributed by atoms with van der Waals surface area (Å²) in [4.78, 5) is 0. The van der Waals surface area contributed by atoms with Gasteiger partial charge >= 0.3 is 29.6 Å². The maximum Gasteiger partial charge on any atom is 1.00 e. The summed E-state index contributed by atoms with van der Waals surface area (Å²) in [6.45, 7) is 0. The van der Waals surface area contributed by atoms with Crippen LogP contribution in [0.15, 0.2) is 30.3 Å². The number of benzene rings is 1. The zero-order chi connectivity index (χ0) is 5.11. The van der Waals surface area contributed by atoms with Crippen molar-refractivity contribution in [3.05, 3.63) is 30.3 Å². The molecule has 0 spiro atoms. The molecule has 0 N–H and O–H groups in total. The molecule has 0 fully saturated rings. The summed E-state index contributed by atoms with van der Waals surface area (Å²) in [7, 11) is 0. The molecule has 0 amide bonds. The molecular formula is C6H7NaOS. The van der Waals surface area contributed by atoms with Gasteiger partial charge in [0.05, 0.1) is 0 Å². The molecule has 1 aromatic carbocycles. The van der Waals surface area contributed by atoms with Crippen LogP contribution in [0.3, 0.4) is 0 Å². The molecule has 0 heterocycles. The third-order valence-electron chi connectivity index (χ3n) is 0.743. The number of para-hydroxylation sites is 1. The quantitative estimate of drug-likeness (QED) is 0.388. The van der Waals surface area contributed by atoms with E-state index in [1.54, 1.807) is 12.1 Å². The van der Waals surface area contributed by atoms with Crippen LogP contribution >= 0.6 is 13.5 Å². The van der Waals surface area contributed by atoms with Gasteiger partial charge in [0.2, 0.25) is 0 Å². The van der Waals surface area contributed by atoms with Gasteiger partial charge in [-0.1, -0.05) is 30.3 Å². The van der Waals surface area contributed by atoms with Crippen molar-refractivity contribution in [2.45, 2.75) is 0 Å². The zero-order valence-electron chi connectivity index (χ0n) is 5.29. The summed E-state index contributed by atoms with van der Waals surface area (Å²) < 4.78 is 0. The predicted octanol–water partition coefficient (Wildman–Crippen LogP) is -2.12. The van der Waals surface area contributed by atoms with Crippen LogP contribution in [0.25, 0.3) is 0 Å². The first-order chi connectivity index (χ1) is 3.39. The third kappa shape index (κ3) is 4.85. The van der Waals surface area contributed by atoms with E-state index < -0.39 is 0 Å². The fourth-order valence-electron chi connectivity index (χ4n) is 0.420. The molecule has 0 aliphatic carbocycles. The largest absolute Gasteiger partial charge is 1.00 e. The van der Waals surface area contributed by atoms with Crippen LogP contribution in [0.2, 0.25) is 0 Å². The minimum absolute atomic E-state index is 0. The van der Waals surface area contributed by atoms with Gasteiger partial charge in [-0.15, -0.1) is 5.75 Å². The SMILES string of the molecule is S.[Na+].[O-]c1ccccc1. The van der Waals surface area contributed by atoms with Crippen molar-refractivity contribution in [1.82, 2.24) is 0 Å². The van der Waals surface area contributed by atoms with Crippen molar-refractivity contribution in [2.75, 3.05) is 0 Å². The smallest absolute Gasteiger partial charge is 0.872 e. The van der Waals surface area contributed by atoms with Gasteiger partial charge < -0.3 is 5.11 Å². The van der Waals surface area contributed by atoms with Gasteiger partial charge in [-0.05, 0) is 0 Å². The van der Waals surface area contributed by atoms with E-state index >= 15 is 0 Å². The molecule has 0 unspecified atom stereocenters. The number of rotatable bonds is 0. The minimum atomic E-state index is 0. The topological polar surface area (TPSA) is 23.1 Å². The normalized spacial score (nSPS) is 6.67. The van der Waals surface area contributed by atoms with E-state index in [1.807, 2.05) is 6.07 Å². The van der Waals surface area contributed by atoms with Gasteiger partial charge in [0.25, 0.3) is 0 Å². The number of hydrogen-bond acceptors (Lipinski definition) is 1. The Morgan fingerprint density at radius 2 is 1.44 bits per heavy atom. The van der Waals surface area contributed by atoms with E-state index in [1.165, 1.54) is 12.1 Å². The summed E-state index contributed by atoms with van der Waals surface area (Å²) >= 11 is 0. The molecule has 3 heteroatoms. The summed E-state index contributed by atoms with van der Waals surface area (Å²) in [5, 5.41) is 10.3. The second kappa shape index (κ2) is 6.49. The molecule has 9 heavy (non-hydrogen) atoms. The summed E-state index contributed by atoms with van der Waals surface area (Å²) in [6, 6.07) is 8.33. The van der Waals surface area contributed by atoms with Crippen LogP contribution in [-0.2, 0) is 0 Å². The Hall–Kier alpha value is 0.370. The second-order valence-corrected chi connectivity index (χ2v) is 1.31. The van der Waals surface area contributed by atoms with Gasteiger partial charge in [0.1, 0.15) is 0 Å². The van der Waals surface area contributed by atoms with Crippen LogP contribution in [0, 0.1) is 0 Å². The molecule has 0 aliphatic heterocycles. The summed E-state index contributed by atoms with van der Waals surface area (Å²) in [5.41, 5.74) is 0. The molecule has 0 saturated carbocycles. The average molecular weight is 150 g/mol. The van der Waals surface area contributed by atoms with Crippen LogP contribution in [0.4, 0.5) is 0 Å². The monoisotopic (exact) mass is 150 g/mol. The molecule has 0 aromatic heterocycles. The van der Waals surface area contributed by atoms with Gasteiger partial charge in [-0.3, -0.25) is 0 Å². The van der Waals surface area contributed by atoms with Gasteiger partial charge in [0, 0.05) is 0 Å². The zero-order valence-corrected chi connectivity index (χ0v) is 8.29. The second-order valence-electron chi connectivity index (χ2n) is 1.31. The fourth-order valence-corrected chi connectivity index (χ4v) is 0.420. The first kappa shape index (κ1) is 12.1. The standard InChI is InChI=1S/C6H6O.Na.H2S/c7-6-4-2-1-3-5-6;;/h1-5,7H;;1H2/q;+1;/p-1. The summed E-state index contributed by atoms with van der Waals surface area (Å²) in [6.07, 6.45) is 0. The van der Waals surface area contributed by atoms with E-state index in [2.05, 4.69) is 0 Å². The first-order valence-electron chi connectivity index (χ1n) is 2.11. The van der Waals surface area contributed by atoms with Crippen molar-refractivity contribution in [3.8, 4) is 5.75 Å². The Morgan fingerprint density at radius 1 is 1.00 bits per heavy atom. The molecule has 1 nitrogen and oxygen atoms in total. The Morgan fingerprint density at radius 3 is 1.67 bits per heavy atom. The average Bonchev–Trinajstić information content (AvgIpc) is 1.69. The van der Waals surface area contributed by atoms with E-state index in [9.17, 15) is 5.11 Å². The van der Waals surface area contributed by atoms with Crippen molar-refractivity contribution in [3.63, 3.8) is 0 Å². The van der Waals surface area contributed by atoms with Crippen molar-refractivity contribution < 1.29 is 34.7 Å². The molecular weight excluding hydrogens is 143 g/mol. The Balaban J connectivity index is 0. The maximum atomic E-state index is 10.3. The van der Waals surface area contributed by atoms with E-state index in [0.717, 1.165) is 0 Å². The third-order valence-corrected chi connectivity index (χ3v) is 0.743. The van der Waals surface area contributed by atoms with E-state index in [-0.39, 0.29) is 48.8 Å². The molecule has 0 saturated heterocycles. The van der Waals surface area contributed by atoms with Crippen LogP contribution in [0.1, 0.15) is 0 Å². The molecule has 1 aromatic rings. The van der Waals surface area contributed by atoms with Gasteiger partial charge in [-0.2, -0.15) is 13.5 Å². The van der Waals surface area contributed by atoms with Gasteiger partial charge in [-0.25, -0.2) is 0 Å². The van der Waals surface area contributed by atoms with Crippen molar-refractivity contribution in [1.29, 1.82) is 0 Å². The first-order valence-corrected chi connectivity index (χ1v) is 2.11. The summed E-state index contributed by atoms with van der Waals surface area (Å²) in [5.74, 6) is 0.0718. The number of hydrogen-bond donors (Lipinski definition) is 0. The Bertz CT molecular complexity index is 143. The van der Waals surface area contributed by atoms with Crippen LogP contribution in [-0.4, -0.2) is 0 Å². The predicted molar refractivity (Wildman–Crippen MR) is 36.3 cm³/mol. The van der Waals surface area contributed by atoms with Crippen LogP contribution in [0.5, 0.6) is 5.75 Å². The maximum absolute atomic E-state index is 10.3. The Kier molecular flexibility index (Phi) is 8.71. The molecule has 0 radical (unpaired) electrons. The fraction of sp³-hybridized carbons (Fsp3) is 0. The molecule has 0 bridgehead atoms. The van der Waals surface area contributed by atoms with E-state index in [0.29, 0.717) is 0 Å². The van der Waals surface area contributed by atoms with E-state index in [4.69, 9.17) is 0 Å².